The van der Waals surface area contributed by atoms with E-state index in [1.807, 2.05) is 0 Å². The Balaban J connectivity index is 1.76. The van der Waals surface area contributed by atoms with Crippen molar-refractivity contribution < 1.29 is 23.8 Å². The van der Waals surface area contributed by atoms with Crippen LogP contribution in [0.25, 0.3) is 16.0 Å². The average molecular weight is 495 g/mol. The SMILES string of the molecule is COc1ccccc1[C@H]1C(=C(O)c2ccc(Cl)cc2)C(=O)C(=O)N1c1nc2ccc(F)cc2s1. The number of aromatic nitrogens is 1. The number of para-hydroxylation sites is 1. The summed E-state index contributed by atoms with van der Waals surface area (Å²) in [4.78, 5) is 32.3. The average Bonchev–Trinajstić information content (AvgIpc) is 3.36. The van der Waals surface area contributed by atoms with E-state index >= 15 is 0 Å². The number of aliphatic hydroxyl groups is 1. The minimum Gasteiger partial charge on any atom is -0.507 e. The third-order valence-electron chi connectivity index (χ3n) is 5.54. The van der Waals surface area contributed by atoms with E-state index in [2.05, 4.69) is 4.98 Å². The molecule has 1 aliphatic heterocycles. The zero-order valence-corrected chi connectivity index (χ0v) is 19.2. The van der Waals surface area contributed by atoms with Crippen LogP contribution in [0.4, 0.5) is 9.52 Å². The third kappa shape index (κ3) is 3.61. The van der Waals surface area contributed by atoms with Crippen LogP contribution in [-0.4, -0.2) is 28.9 Å². The lowest BCUT2D eigenvalue weighted by atomic mass is 9.95. The Kier molecular flexibility index (Phi) is 5.55. The molecule has 0 spiro atoms. The molecule has 4 aromatic rings. The molecule has 6 nitrogen and oxygen atoms in total. The molecule has 3 aromatic carbocycles. The largest absolute Gasteiger partial charge is 0.507 e. The van der Waals surface area contributed by atoms with Crippen LogP contribution in [0.15, 0.2) is 72.3 Å². The van der Waals surface area contributed by atoms with E-state index in [0.717, 1.165) is 11.3 Å². The van der Waals surface area contributed by atoms with Crippen molar-refractivity contribution in [1.82, 2.24) is 4.98 Å². The highest BCUT2D eigenvalue weighted by molar-refractivity contribution is 7.22. The van der Waals surface area contributed by atoms with Gasteiger partial charge in [0.15, 0.2) is 5.13 Å². The highest BCUT2D eigenvalue weighted by Crippen LogP contribution is 2.46. The Hall–Kier alpha value is -3.75. The van der Waals surface area contributed by atoms with Gasteiger partial charge in [-0.15, -0.1) is 0 Å². The number of hydrogen-bond donors (Lipinski definition) is 1. The molecule has 1 fully saturated rings. The van der Waals surface area contributed by atoms with Crippen LogP contribution < -0.4 is 9.64 Å². The van der Waals surface area contributed by atoms with Crippen molar-refractivity contribution in [3.63, 3.8) is 0 Å². The number of thiazole rings is 1. The van der Waals surface area contributed by atoms with Crippen LogP contribution in [0.5, 0.6) is 5.75 Å². The number of benzene rings is 3. The number of methoxy groups -OCH3 is 1. The monoisotopic (exact) mass is 494 g/mol. The molecular formula is C25H16ClFN2O4S. The Labute approximate surface area is 202 Å². The van der Waals surface area contributed by atoms with Gasteiger partial charge in [-0.05, 0) is 48.5 Å². The van der Waals surface area contributed by atoms with Crippen molar-refractivity contribution in [2.75, 3.05) is 12.0 Å². The summed E-state index contributed by atoms with van der Waals surface area (Å²) in [6.07, 6.45) is 0. The molecule has 0 saturated carbocycles. The zero-order chi connectivity index (χ0) is 24.0. The number of amides is 1. The zero-order valence-electron chi connectivity index (χ0n) is 17.7. The lowest BCUT2D eigenvalue weighted by Crippen LogP contribution is -2.29. The lowest BCUT2D eigenvalue weighted by Gasteiger charge is -2.24. The predicted molar refractivity (Wildman–Crippen MR) is 129 cm³/mol. The van der Waals surface area contributed by atoms with Crippen LogP contribution in [0.3, 0.4) is 0 Å². The number of Topliss-reactive ketones (excluding diaryl/α,β-unsaturated/α-hetero) is 1. The predicted octanol–water partition coefficient (Wildman–Crippen LogP) is 5.72. The first-order valence-corrected chi connectivity index (χ1v) is 11.3. The van der Waals surface area contributed by atoms with Gasteiger partial charge in [0.05, 0.1) is 22.9 Å². The highest BCUT2D eigenvalue weighted by Gasteiger charge is 2.49. The van der Waals surface area contributed by atoms with Gasteiger partial charge in [-0.1, -0.05) is 41.1 Å². The molecule has 1 aromatic heterocycles. The molecule has 1 amide bonds. The molecule has 5 rings (SSSR count). The van der Waals surface area contributed by atoms with Gasteiger partial charge in [-0.3, -0.25) is 14.5 Å². The number of ketones is 1. The second-order valence-electron chi connectivity index (χ2n) is 7.53. The van der Waals surface area contributed by atoms with Crippen LogP contribution in [-0.2, 0) is 9.59 Å². The Morgan fingerprint density at radius 1 is 1.12 bits per heavy atom. The molecule has 1 atom stereocenters. The number of carbonyl (C=O) groups excluding carboxylic acids is 2. The number of hydrogen-bond acceptors (Lipinski definition) is 6. The molecule has 0 radical (unpaired) electrons. The third-order valence-corrected chi connectivity index (χ3v) is 6.81. The molecule has 1 saturated heterocycles. The highest BCUT2D eigenvalue weighted by atomic mass is 35.5. The van der Waals surface area contributed by atoms with Crippen LogP contribution in [0, 0.1) is 5.82 Å². The number of ether oxygens (including phenoxy) is 1. The standard InChI is InChI=1S/C25H16ClFN2O4S/c1-33-18-5-3-2-4-16(18)21-20(22(30)13-6-8-14(26)9-7-13)23(31)24(32)29(21)25-28-17-11-10-15(27)12-19(17)34-25/h2-12,21,30H,1H3/t21-/m0/s1. The summed E-state index contributed by atoms with van der Waals surface area (Å²) in [5, 5.41) is 11.8. The van der Waals surface area contributed by atoms with Gasteiger partial charge < -0.3 is 9.84 Å². The molecule has 0 bridgehead atoms. The molecule has 34 heavy (non-hydrogen) atoms. The maximum atomic E-state index is 13.8. The van der Waals surface area contributed by atoms with E-state index in [1.165, 1.54) is 30.2 Å². The summed E-state index contributed by atoms with van der Waals surface area (Å²) >= 11 is 7.05. The van der Waals surface area contributed by atoms with Crippen LogP contribution in [0.2, 0.25) is 5.02 Å². The summed E-state index contributed by atoms with van der Waals surface area (Å²) in [6, 6.07) is 16.3. The van der Waals surface area contributed by atoms with Gasteiger partial charge in [0, 0.05) is 16.1 Å². The van der Waals surface area contributed by atoms with E-state index in [0.29, 0.717) is 32.1 Å². The van der Waals surface area contributed by atoms with Gasteiger partial charge >= 0.3 is 5.91 Å². The molecule has 0 unspecified atom stereocenters. The number of aliphatic hydroxyl groups excluding tert-OH is 1. The van der Waals surface area contributed by atoms with Gasteiger partial charge in [0.2, 0.25) is 0 Å². The fourth-order valence-corrected chi connectivity index (χ4v) is 5.11. The molecule has 1 N–H and O–H groups in total. The summed E-state index contributed by atoms with van der Waals surface area (Å²) in [6.45, 7) is 0. The minimum atomic E-state index is -1.02. The number of carbonyl (C=O) groups is 2. The summed E-state index contributed by atoms with van der Waals surface area (Å²) in [7, 11) is 1.48. The Morgan fingerprint density at radius 2 is 1.85 bits per heavy atom. The number of nitrogens with zero attached hydrogens (tertiary/aromatic N) is 2. The first kappa shape index (κ1) is 22.1. The Bertz CT molecular complexity index is 1480. The second-order valence-corrected chi connectivity index (χ2v) is 8.97. The van der Waals surface area contributed by atoms with E-state index in [-0.39, 0.29) is 16.5 Å². The minimum absolute atomic E-state index is 0.109. The van der Waals surface area contributed by atoms with Gasteiger partial charge in [-0.2, -0.15) is 0 Å². The van der Waals surface area contributed by atoms with Gasteiger partial charge in [-0.25, -0.2) is 9.37 Å². The molecule has 0 aliphatic carbocycles. The van der Waals surface area contributed by atoms with Crippen molar-refractivity contribution in [3.8, 4) is 5.75 Å². The molecule has 170 valence electrons. The molecule has 2 heterocycles. The molecule has 1 aliphatic rings. The smallest absolute Gasteiger partial charge is 0.301 e. The number of halogens is 2. The maximum absolute atomic E-state index is 13.8. The van der Waals surface area contributed by atoms with E-state index in [1.54, 1.807) is 48.5 Å². The summed E-state index contributed by atoms with van der Waals surface area (Å²) in [5.74, 6) is -2.08. The van der Waals surface area contributed by atoms with Crippen molar-refractivity contribution in [2.45, 2.75) is 6.04 Å². The van der Waals surface area contributed by atoms with Crippen molar-refractivity contribution >= 4 is 55.7 Å². The lowest BCUT2D eigenvalue weighted by molar-refractivity contribution is -0.132. The fraction of sp³-hybridized carbons (Fsp3) is 0.0800. The second kappa shape index (κ2) is 8.55. The van der Waals surface area contributed by atoms with Crippen molar-refractivity contribution in [1.29, 1.82) is 0 Å². The van der Waals surface area contributed by atoms with Crippen molar-refractivity contribution in [2.24, 2.45) is 0 Å². The normalized spacial score (nSPS) is 17.5. The molecular weight excluding hydrogens is 479 g/mol. The number of fused-ring (bicyclic) bond motifs is 1. The quantitative estimate of drug-likeness (QED) is 0.223. The summed E-state index contributed by atoms with van der Waals surface area (Å²) in [5.41, 5.74) is 1.20. The number of anilines is 1. The van der Waals surface area contributed by atoms with Crippen LogP contribution >= 0.6 is 22.9 Å². The first-order valence-electron chi connectivity index (χ1n) is 10.1. The van der Waals surface area contributed by atoms with E-state index in [4.69, 9.17) is 16.3 Å². The Morgan fingerprint density at radius 3 is 2.59 bits per heavy atom. The number of rotatable bonds is 4. The van der Waals surface area contributed by atoms with Gasteiger partial charge in [0.25, 0.3) is 5.78 Å². The van der Waals surface area contributed by atoms with E-state index in [9.17, 15) is 19.1 Å². The topological polar surface area (TPSA) is 79.7 Å². The molecule has 9 heteroatoms. The maximum Gasteiger partial charge on any atom is 0.301 e. The van der Waals surface area contributed by atoms with E-state index < -0.39 is 23.5 Å². The van der Waals surface area contributed by atoms with Gasteiger partial charge in [0.1, 0.15) is 23.4 Å². The van der Waals surface area contributed by atoms with Crippen molar-refractivity contribution in [3.05, 3.63) is 94.3 Å². The summed E-state index contributed by atoms with van der Waals surface area (Å²) < 4.78 is 19.8. The fourth-order valence-electron chi connectivity index (χ4n) is 3.97. The first-order chi connectivity index (χ1) is 16.4. The van der Waals surface area contributed by atoms with Crippen LogP contribution in [0.1, 0.15) is 17.2 Å².